The Balaban J connectivity index is 2.52. The minimum absolute atomic E-state index is 0.0511. The van der Waals surface area contributed by atoms with Crippen molar-refractivity contribution in [3.63, 3.8) is 0 Å². The van der Waals surface area contributed by atoms with E-state index in [1.54, 1.807) is 13.0 Å². The van der Waals surface area contributed by atoms with Gasteiger partial charge in [0.1, 0.15) is 4.90 Å². The number of sulfonamides is 1. The molecule has 1 fully saturated rings. The summed E-state index contributed by atoms with van der Waals surface area (Å²) in [5.74, 6) is 0. The number of aliphatic hydroxyl groups is 1. The zero-order chi connectivity index (χ0) is 14.2. The van der Waals surface area contributed by atoms with Crippen LogP contribution in [-0.2, 0) is 10.0 Å². The highest BCUT2D eigenvalue weighted by atomic mass is 35.5. The SMILES string of the molecule is Cc1ccc(Cl)c(S(=O)(=O)N(CCO)C2CC2)c1Cl. The van der Waals surface area contributed by atoms with Crippen molar-refractivity contribution in [2.45, 2.75) is 30.7 Å². The molecule has 1 aliphatic rings. The maximum absolute atomic E-state index is 12.6. The summed E-state index contributed by atoms with van der Waals surface area (Å²) >= 11 is 12.1. The van der Waals surface area contributed by atoms with Gasteiger partial charge in [-0.25, -0.2) is 8.42 Å². The molecule has 0 atom stereocenters. The molecule has 1 saturated carbocycles. The Morgan fingerprint density at radius 1 is 1.37 bits per heavy atom. The van der Waals surface area contributed by atoms with Crippen LogP contribution in [0.5, 0.6) is 0 Å². The summed E-state index contributed by atoms with van der Waals surface area (Å²) in [7, 11) is -3.77. The third kappa shape index (κ3) is 2.90. The average molecular weight is 324 g/mol. The van der Waals surface area contributed by atoms with E-state index in [0.29, 0.717) is 5.56 Å². The summed E-state index contributed by atoms with van der Waals surface area (Å²) in [6.45, 7) is 1.57. The fraction of sp³-hybridized carbons (Fsp3) is 0.500. The molecule has 0 spiro atoms. The molecule has 7 heteroatoms. The Labute approximate surface area is 123 Å². The normalized spacial score (nSPS) is 16.1. The van der Waals surface area contributed by atoms with Gasteiger partial charge in [-0.1, -0.05) is 29.3 Å². The maximum Gasteiger partial charge on any atom is 0.246 e. The van der Waals surface area contributed by atoms with Crippen LogP contribution in [0.4, 0.5) is 0 Å². The first-order valence-corrected chi connectivity index (χ1v) is 8.16. The number of hydrogen-bond acceptors (Lipinski definition) is 3. The molecule has 2 rings (SSSR count). The highest BCUT2D eigenvalue weighted by Gasteiger charge is 2.39. The van der Waals surface area contributed by atoms with Gasteiger partial charge in [0.15, 0.2) is 0 Å². The third-order valence-corrected chi connectivity index (χ3v) is 6.15. The molecule has 4 nitrogen and oxygen atoms in total. The van der Waals surface area contributed by atoms with Crippen LogP contribution in [0, 0.1) is 6.92 Å². The lowest BCUT2D eigenvalue weighted by Crippen LogP contribution is -2.35. The average Bonchev–Trinajstić information content (AvgIpc) is 3.15. The third-order valence-electron chi connectivity index (χ3n) is 3.08. The summed E-state index contributed by atoms with van der Waals surface area (Å²) < 4.78 is 26.6. The molecule has 0 aliphatic heterocycles. The van der Waals surface area contributed by atoms with Gasteiger partial charge in [-0.05, 0) is 31.4 Å². The van der Waals surface area contributed by atoms with Crippen molar-refractivity contribution in [1.82, 2.24) is 4.31 Å². The van der Waals surface area contributed by atoms with Gasteiger partial charge in [-0.15, -0.1) is 0 Å². The van der Waals surface area contributed by atoms with E-state index in [1.165, 1.54) is 10.4 Å². The predicted octanol–water partition coefficient (Wildman–Crippen LogP) is 2.45. The Kier molecular flexibility index (Phi) is 4.42. The number of halogens is 2. The second-order valence-corrected chi connectivity index (χ2v) is 7.19. The lowest BCUT2D eigenvalue weighted by Gasteiger charge is -2.22. The molecule has 0 aromatic heterocycles. The van der Waals surface area contributed by atoms with E-state index >= 15 is 0 Å². The summed E-state index contributed by atoms with van der Waals surface area (Å²) in [5.41, 5.74) is 0.657. The van der Waals surface area contributed by atoms with Crippen molar-refractivity contribution < 1.29 is 13.5 Å². The van der Waals surface area contributed by atoms with Crippen LogP contribution in [0.3, 0.4) is 0 Å². The molecule has 106 valence electrons. The molecule has 0 amide bonds. The van der Waals surface area contributed by atoms with Gasteiger partial charge in [0.05, 0.1) is 16.7 Å². The summed E-state index contributed by atoms with van der Waals surface area (Å²) in [5, 5.41) is 9.30. The number of rotatable bonds is 5. The van der Waals surface area contributed by atoms with Gasteiger partial charge in [-0.2, -0.15) is 4.31 Å². The minimum atomic E-state index is -3.77. The van der Waals surface area contributed by atoms with Gasteiger partial charge in [0, 0.05) is 12.6 Å². The first-order chi connectivity index (χ1) is 8.89. The van der Waals surface area contributed by atoms with Crippen LogP contribution in [0.1, 0.15) is 18.4 Å². The summed E-state index contributed by atoms with van der Waals surface area (Å²) in [6.07, 6.45) is 1.61. The van der Waals surface area contributed by atoms with E-state index < -0.39 is 10.0 Å². The fourth-order valence-corrected chi connectivity index (χ4v) is 4.76. The molecule has 1 N–H and O–H groups in total. The minimum Gasteiger partial charge on any atom is -0.395 e. The fourth-order valence-electron chi connectivity index (χ4n) is 1.94. The van der Waals surface area contributed by atoms with Gasteiger partial charge in [-0.3, -0.25) is 0 Å². The predicted molar refractivity (Wildman–Crippen MR) is 75.2 cm³/mol. The quantitative estimate of drug-likeness (QED) is 0.905. The first kappa shape index (κ1) is 15.1. The number of benzene rings is 1. The number of aryl methyl sites for hydroxylation is 1. The Hall–Kier alpha value is -0.330. The van der Waals surface area contributed by atoms with E-state index in [0.717, 1.165) is 12.8 Å². The van der Waals surface area contributed by atoms with Crippen LogP contribution in [0.2, 0.25) is 10.0 Å². The summed E-state index contributed by atoms with van der Waals surface area (Å²) in [6, 6.07) is 3.15. The molecule has 1 aliphatic carbocycles. The molecular formula is C12H15Cl2NO3S. The number of nitrogens with zero attached hydrogens (tertiary/aromatic N) is 1. The topological polar surface area (TPSA) is 57.6 Å². The molecule has 0 saturated heterocycles. The van der Waals surface area contributed by atoms with E-state index in [2.05, 4.69) is 0 Å². The largest absolute Gasteiger partial charge is 0.395 e. The molecular weight excluding hydrogens is 309 g/mol. The lowest BCUT2D eigenvalue weighted by atomic mass is 10.2. The van der Waals surface area contributed by atoms with Gasteiger partial charge in [0.25, 0.3) is 0 Å². The van der Waals surface area contributed by atoms with Crippen molar-refractivity contribution in [3.05, 3.63) is 27.7 Å². The molecule has 0 unspecified atom stereocenters. The lowest BCUT2D eigenvalue weighted by molar-refractivity contribution is 0.250. The monoisotopic (exact) mass is 323 g/mol. The Morgan fingerprint density at radius 3 is 2.53 bits per heavy atom. The van der Waals surface area contributed by atoms with Crippen molar-refractivity contribution in [1.29, 1.82) is 0 Å². The van der Waals surface area contributed by atoms with E-state index in [9.17, 15) is 8.42 Å². The van der Waals surface area contributed by atoms with Gasteiger partial charge in [0.2, 0.25) is 10.0 Å². The van der Waals surface area contributed by atoms with Crippen LogP contribution < -0.4 is 0 Å². The van der Waals surface area contributed by atoms with Crippen molar-refractivity contribution in [2.24, 2.45) is 0 Å². The van der Waals surface area contributed by atoms with Crippen LogP contribution >= 0.6 is 23.2 Å². The van der Waals surface area contributed by atoms with Crippen LogP contribution in [-0.4, -0.2) is 37.0 Å². The highest BCUT2D eigenvalue weighted by Crippen LogP contribution is 2.38. The van der Waals surface area contributed by atoms with E-state index in [4.69, 9.17) is 28.3 Å². The Morgan fingerprint density at radius 2 is 2.00 bits per heavy atom. The standard InChI is InChI=1S/C12H15Cl2NO3S/c1-8-2-5-10(13)12(11(8)14)19(17,18)15(6-7-16)9-3-4-9/h2,5,9,16H,3-4,6-7H2,1H3. The molecule has 19 heavy (non-hydrogen) atoms. The zero-order valence-corrected chi connectivity index (χ0v) is 12.8. The Bertz CT molecular complexity index is 585. The molecule has 1 aromatic carbocycles. The smallest absolute Gasteiger partial charge is 0.246 e. The molecule has 1 aromatic rings. The first-order valence-electron chi connectivity index (χ1n) is 5.97. The van der Waals surface area contributed by atoms with Crippen molar-refractivity contribution in [2.75, 3.05) is 13.2 Å². The van der Waals surface area contributed by atoms with Crippen molar-refractivity contribution >= 4 is 33.2 Å². The van der Waals surface area contributed by atoms with Crippen molar-refractivity contribution in [3.8, 4) is 0 Å². The molecule has 0 bridgehead atoms. The second-order valence-electron chi connectivity index (χ2n) is 4.58. The summed E-state index contributed by atoms with van der Waals surface area (Å²) in [4.78, 5) is -0.0591. The van der Waals surface area contributed by atoms with E-state index in [1.807, 2.05) is 0 Å². The van der Waals surface area contributed by atoms with Gasteiger partial charge >= 0.3 is 0 Å². The highest BCUT2D eigenvalue weighted by molar-refractivity contribution is 7.89. The van der Waals surface area contributed by atoms with Crippen LogP contribution in [0.25, 0.3) is 0 Å². The zero-order valence-electron chi connectivity index (χ0n) is 10.4. The van der Waals surface area contributed by atoms with Crippen LogP contribution in [0.15, 0.2) is 17.0 Å². The molecule has 0 radical (unpaired) electrons. The molecule has 0 heterocycles. The van der Waals surface area contributed by atoms with Gasteiger partial charge < -0.3 is 5.11 Å². The number of hydrogen-bond donors (Lipinski definition) is 1. The second kappa shape index (κ2) is 5.58. The number of aliphatic hydroxyl groups excluding tert-OH is 1. The maximum atomic E-state index is 12.6. The van der Waals surface area contributed by atoms with E-state index in [-0.39, 0.29) is 34.1 Å².